The Morgan fingerprint density at radius 3 is 2.43 bits per heavy atom. The molecule has 0 aliphatic heterocycles. The predicted octanol–water partition coefficient (Wildman–Crippen LogP) is 2.35. The first-order chi connectivity index (χ1) is 10.1. The van der Waals surface area contributed by atoms with Crippen LogP contribution >= 0.6 is 0 Å². The lowest BCUT2D eigenvalue weighted by Gasteiger charge is -2.14. The monoisotopic (exact) mass is 282 g/mol. The van der Waals surface area contributed by atoms with Crippen LogP contribution in [-0.4, -0.2) is 22.6 Å². The number of aromatic hydroxyl groups is 1. The summed E-state index contributed by atoms with van der Waals surface area (Å²) in [7, 11) is 0. The Labute approximate surface area is 124 Å². The number of hydrazine groups is 1. The molecule has 21 heavy (non-hydrogen) atoms. The third kappa shape index (κ3) is 4.78. The number of benzene rings is 2. The number of carbonyl (C=O) groups excluding carboxylic acids is 1. The Morgan fingerprint density at radius 1 is 1.10 bits per heavy atom. The minimum atomic E-state index is -0.238. The van der Waals surface area contributed by atoms with Crippen molar-refractivity contribution in [1.29, 1.82) is 0 Å². The van der Waals surface area contributed by atoms with Gasteiger partial charge in [-0.25, -0.2) is 5.84 Å². The van der Waals surface area contributed by atoms with E-state index in [4.69, 9.17) is 5.84 Å². The molecule has 1 amide bonds. The number of amides is 1. The molecule has 0 atom stereocenters. The van der Waals surface area contributed by atoms with Crippen LogP contribution in [0.4, 0.5) is 0 Å². The maximum absolute atomic E-state index is 11.9. The molecule has 108 valence electrons. The molecule has 2 aromatic rings. The number of phenols is 1. The van der Waals surface area contributed by atoms with Crippen molar-refractivity contribution < 1.29 is 9.90 Å². The molecular weight excluding hydrogens is 264 g/mol. The minimum absolute atomic E-state index is 0.227. The van der Waals surface area contributed by atoms with Crippen molar-refractivity contribution >= 4 is 12.0 Å². The second kappa shape index (κ2) is 7.26. The summed E-state index contributed by atoms with van der Waals surface area (Å²) in [4.78, 5) is 11.9. The quantitative estimate of drug-likeness (QED) is 0.383. The summed E-state index contributed by atoms with van der Waals surface area (Å²) in [5.74, 6) is 5.73. The topological polar surface area (TPSA) is 66.6 Å². The number of carbonyl (C=O) groups is 1. The van der Waals surface area contributed by atoms with Gasteiger partial charge < -0.3 is 5.11 Å². The molecule has 4 heteroatoms. The van der Waals surface area contributed by atoms with Gasteiger partial charge in [0.25, 0.3) is 5.91 Å². The van der Waals surface area contributed by atoms with Gasteiger partial charge in [0.15, 0.2) is 0 Å². The third-order valence-corrected chi connectivity index (χ3v) is 3.08. The zero-order valence-corrected chi connectivity index (χ0v) is 11.6. The molecule has 2 rings (SSSR count). The van der Waals surface area contributed by atoms with Crippen molar-refractivity contribution in [2.45, 2.75) is 6.42 Å². The van der Waals surface area contributed by atoms with Gasteiger partial charge in [0, 0.05) is 12.6 Å². The average Bonchev–Trinajstić information content (AvgIpc) is 2.52. The van der Waals surface area contributed by atoms with Crippen LogP contribution in [0.1, 0.15) is 11.1 Å². The number of hydrogen-bond donors (Lipinski definition) is 2. The molecule has 4 nitrogen and oxygen atoms in total. The van der Waals surface area contributed by atoms with Crippen LogP contribution in [0.15, 0.2) is 60.7 Å². The Hall–Kier alpha value is -2.59. The van der Waals surface area contributed by atoms with Gasteiger partial charge in [0.2, 0.25) is 0 Å². The lowest BCUT2D eigenvalue weighted by Crippen LogP contribution is -2.37. The van der Waals surface area contributed by atoms with Crippen molar-refractivity contribution in [3.05, 3.63) is 71.8 Å². The predicted molar refractivity (Wildman–Crippen MR) is 83.2 cm³/mol. The molecular formula is C17H18N2O2. The summed E-state index contributed by atoms with van der Waals surface area (Å²) < 4.78 is 0. The molecule has 0 heterocycles. The molecule has 0 aliphatic rings. The molecule has 0 aliphatic carbocycles. The van der Waals surface area contributed by atoms with Gasteiger partial charge in [-0.2, -0.15) is 0 Å². The van der Waals surface area contributed by atoms with Crippen LogP contribution in [0, 0.1) is 0 Å². The van der Waals surface area contributed by atoms with Gasteiger partial charge in [0.1, 0.15) is 5.75 Å². The van der Waals surface area contributed by atoms with Gasteiger partial charge >= 0.3 is 0 Å². The fourth-order valence-electron chi connectivity index (χ4n) is 1.85. The van der Waals surface area contributed by atoms with Gasteiger partial charge in [-0.3, -0.25) is 9.80 Å². The van der Waals surface area contributed by atoms with E-state index in [-0.39, 0.29) is 11.7 Å². The van der Waals surface area contributed by atoms with Crippen molar-refractivity contribution in [2.75, 3.05) is 6.54 Å². The summed E-state index contributed by atoms with van der Waals surface area (Å²) >= 11 is 0. The maximum atomic E-state index is 11.9. The van der Waals surface area contributed by atoms with Crippen LogP contribution in [0.25, 0.3) is 6.08 Å². The van der Waals surface area contributed by atoms with E-state index in [1.54, 1.807) is 18.2 Å². The SMILES string of the molecule is NN(CCc1ccc(O)cc1)C(=O)C=Cc1ccccc1. The Kier molecular flexibility index (Phi) is 5.12. The lowest BCUT2D eigenvalue weighted by atomic mass is 10.1. The largest absolute Gasteiger partial charge is 0.508 e. The average molecular weight is 282 g/mol. The Balaban J connectivity index is 1.85. The summed E-state index contributed by atoms with van der Waals surface area (Å²) in [5, 5.41) is 10.4. The number of nitrogens with two attached hydrogens (primary N) is 1. The Bertz CT molecular complexity index is 606. The first-order valence-electron chi connectivity index (χ1n) is 6.72. The second-order valence-corrected chi connectivity index (χ2v) is 4.69. The van der Waals surface area contributed by atoms with E-state index in [0.717, 1.165) is 11.1 Å². The van der Waals surface area contributed by atoms with Crippen molar-refractivity contribution in [1.82, 2.24) is 5.01 Å². The van der Waals surface area contributed by atoms with E-state index >= 15 is 0 Å². The van der Waals surface area contributed by atoms with Crippen molar-refractivity contribution in [2.24, 2.45) is 5.84 Å². The second-order valence-electron chi connectivity index (χ2n) is 4.69. The fraction of sp³-hybridized carbons (Fsp3) is 0.118. The standard InChI is InChI=1S/C17H18N2O2/c18-19(13-12-15-6-9-16(20)10-7-15)17(21)11-8-14-4-2-1-3-5-14/h1-11,20H,12-13,18H2. The maximum Gasteiger partial charge on any atom is 0.260 e. The number of nitrogens with zero attached hydrogens (tertiary/aromatic N) is 1. The van der Waals surface area contributed by atoms with E-state index in [1.165, 1.54) is 11.1 Å². The first kappa shape index (κ1) is 14.8. The zero-order chi connectivity index (χ0) is 15.1. The normalized spacial score (nSPS) is 10.7. The van der Waals surface area contributed by atoms with Crippen molar-refractivity contribution in [3.8, 4) is 5.75 Å². The van der Waals surface area contributed by atoms with Crippen LogP contribution in [0.5, 0.6) is 5.75 Å². The molecule has 0 bridgehead atoms. The molecule has 0 radical (unpaired) electrons. The van der Waals surface area contributed by atoms with Crippen LogP contribution in [0.3, 0.4) is 0 Å². The molecule has 3 N–H and O–H groups in total. The van der Waals surface area contributed by atoms with E-state index in [9.17, 15) is 9.90 Å². The smallest absolute Gasteiger partial charge is 0.260 e. The summed E-state index contributed by atoms with van der Waals surface area (Å²) in [6.45, 7) is 0.419. The molecule has 0 spiro atoms. The molecule has 0 unspecified atom stereocenters. The highest BCUT2D eigenvalue weighted by Crippen LogP contribution is 2.10. The minimum Gasteiger partial charge on any atom is -0.508 e. The summed E-state index contributed by atoms with van der Waals surface area (Å²) in [6.07, 6.45) is 3.84. The molecule has 0 fully saturated rings. The molecule has 0 saturated carbocycles. The lowest BCUT2D eigenvalue weighted by molar-refractivity contribution is -0.126. The fourth-order valence-corrected chi connectivity index (χ4v) is 1.85. The van der Waals surface area contributed by atoms with Crippen LogP contribution in [0.2, 0.25) is 0 Å². The first-order valence-corrected chi connectivity index (χ1v) is 6.72. The molecule has 0 aromatic heterocycles. The molecule has 2 aromatic carbocycles. The van der Waals surface area contributed by atoms with Crippen LogP contribution in [-0.2, 0) is 11.2 Å². The number of rotatable bonds is 5. The highest BCUT2D eigenvalue weighted by molar-refractivity contribution is 5.91. The highest BCUT2D eigenvalue weighted by Gasteiger charge is 2.05. The Morgan fingerprint density at radius 2 is 1.76 bits per heavy atom. The van der Waals surface area contributed by atoms with Gasteiger partial charge in [-0.15, -0.1) is 0 Å². The zero-order valence-electron chi connectivity index (χ0n) is 11.6. The van der Waals surface area contributed by atoms with Gasteiger partial charge in [-0.1, -0.05) is 42.5 Å². The van der Waals surface area contributed by atoms with E-state index < -0.39 is 0 Å². The number of phenolic OH excluding ortho intramolecular Hbond substituents is 1. The van der Waals surface area contributed by atoms with Crippen molar-refractivity contribution in [3.63, 3.8) is 0 Å². The molecule has 0 saturated heterocycles. The highest BCUT2D eigenvalue weighted by atomic mass is 16.3. The number of hydrogen-bond acceptors (Lipinski definition) is 3. The van der Waals surface area contributed by atoms with Crippen LogP contribution < -0.4 is 5.84 Å². The summed E-state index contributed by atoms with van der Waals surface area (Å²) in [5.41, 5.74) is 1.97. The van der Waals surface area contributed by atoms with Gasteiger partial charge in [-0.05, 0) is 35.8 Å². The summed E-state index contributed by atoms with van der Waals surface area (Å²) in [6, 6.07) is 16.4. The van der Waals surface area contributed by atoms with E-state index in [1.807, 2.05) is 42.5 Å². The van der Waals surface area contributed by atoms with E-state index in [2.05, 4.69) is 0 Å². The third-order valence-electron chi connectivity index (χ3n) is 3.08. The van der Waals surface area contributed by atoms with E-state index in [0.29, 0.717) is 13.0 Å². The van der Waals surface area contributed by atoms with Gasteiger partial charge in [0.05, 0.1) is 0 Å².